The van der Waals surface area contributed by atoms with Crippen molar-refractivity contribution >= 4 is 12.0 Å². The molecular weight excluding hydrogens is 388 g/mol. The number of ether oxygens (including phenoxy) is 3. The van der Waals surface area contributed by atoms with E-state index in [0.717, 1.165) is 17.0 Å². The van der Waals surface area contributed by atoms with Crippen molar-refractivity contribution in [2.75, 3.05) is 27.9 Å². The van der Waals surface area contributed by atoms with Crippen molar-refractivity contribution in [3.8, 4) is 11.5 Å². The summed E-state index contributed by atoms with van der Waals surface area (Å²) < 4.78 is 15.7. The number of amides is 2. The van der Waals surface area contributed by atoms with Crippen molar-refractivity contribution in [1.29, 1.82) is 0 Å². The summed E-state index contributed by atoms with van der Waals surface area (Å²) in [6, 6.07) is 3.92. The third-order valence-corrected chi connectivity index (χ3v) is 5.28. The molecule has 2 heterocycles. The van der Waals surface area contributed by atoms with Crippen LogP contribution in [0.5, 0.6) is 11.5 Å². The van der Waals surface area contributed by atoms with Crippen LogP contribution >= 0.6 is 0 Å². The van der Waals surface area contributed by atoms with E-state index in [-0.39, 0.29) is 11.9 Å². The van der Waals surface area contributed by atoms with Gasteiger partial charge in [0.15, 0.2) is 0 Å². The molecule has 30 heavy (non-hydrogen) atoms. The minimum atomic E-state index is -0.747. The number of imidazole rings is 1. The Kier molecular flexibility index (Phi) is 6.49. The first-order valence-electron chi connectivity index (χ1n) is 9.79. The first-order valence-corrected chi connectivity index (χ1v) is 9.79. The van der Waals surface area contributed by atoms with Crippen LogP contribution in [0.15, 0.2) is 24.5 Å². The van der Waals surface area contributed by atoms with Crippen molar-refractivity contribution in [3.05, 3.63) is 41.5 Å². The van der Waals surface area contributed by atoms with E-state index in [0.29, 0.717) is 24.5 Å². The molecule has 1 aliphatic heterocycles. The molecule has 1 aromatic carbocycles. The molecule has 0 radical (unpaired) electrons. The lowest BCUT2D eigenvalue weighted by molar-refractivity contribution is -0.144. The summed E-state index contributed by atoms with van der Waals surface area (Å²) in [6.07, 6.45) is 2.26. The molecule has 2 N–H and O–H groups in total. The summed E-state index contributed by atoms with van der Waals surface area (Å²) in [5, 5.41) is 2.83. The van der Waals surface area contributed by atoms with Crippen LogP contribution in [0, 0.1) is 5.92 Å². The van der Waals surface area contributed by atoms with Crippen LogP contribution in [0.3, 0.4) is 0 Å². The largest absolute Gasteiger partial charge is 0.497 e. The minimum Gasteiger partial charge on any atom is -0.497 e. The van der Waals surface area contributed by atoms with Crippen molar-refractivity contribution in [2.24, 2.45) is 5.92 Å². The van der Waals surface area contributed by atoms with Crippen LogP contribution < -0.4 is 14.8 Å². The quantitative estimate of drug-likeness (QED) is 0.700. The van der Waals surface area contributed by atoms with Gasteiger partial charge in [-0.3, -0.25) is 0 Å². The van der Waals surface area contributed by atoms with Gasteiger partial charge in [-0.25, -0.2) is 14.6 Å². The molecule has 0 fully saturated rings. The number of aromatic nitrogens is 2. The minimum absolute atomic E-state index is 0.123. The second-order valence-corrected chi connectivity index (χ2v) is 7.45. The molecule has 162 valence electrons. The maximum Gasteiger partial charge on any atom is 0.328 e. The van der Waals surface area contributed by atoms with Crippen LogP contribution in [0.1, 0.15) is 36.8 Å². The number of carbonyl (C=O) groups excluding carboxylic acids is 2. The lowest BCUT2D eigenvalue weighted by atomic mass is 9.95. The third kappa shape index (κ3) is 4.19. The summed E-state index contributed by atoms with van der Waals surface area (Å²) in [7, 11) is 4.47. The topological polar surface area (TPSA) is 106 Å². The maximum absolute atomic E-state index is 13.3. The van der Waals surface area contributed by atoms with Crippen LogP contribution in [-0.4, -0.2) is 60.8 Å². The number of rotatable bonds is 6. The van der Waals surface area contributed by atoms with Crippen molar-refractivity contribution in [3.63, 3.8) is 0 Å². The molecule has 2 atom stereocenters. The predicted molar refractivity (Wildman–Crippen MR) is 110 cm³/mol. The van der Waals surface area contributed by atoms with Gasteiger partial charge in [0.2, 0.25) is 0 Å². The van der Waals surface area contributed by atoms with Gasteiger partial charge in [-0.05, 0) is 23.6 Å². The highest BCUT2D eigenvalue weighted by Gasteiger charge is 2.36. The zero-order chi connectivity index (χ0) is 21.8. The number of H-pyrrole nitrogens is 1. The fraction of sp³-hybridized carbons (Fsp3) is 0.476. The Morgan fingerprint density at radius 2 is 1.83 bits per heavy atom. The molecular formula is C21H28N4O5. The number of esters is 1. The Hall–Kier alpha value is -3.23. The second-order valence-electron chi connectivity index (χ2n) is 7.45. The van der Waals surface area contributed by atoms with E-state index in [1.54, 1.807) is 31.5 Å². The average molecular weight is 416 g/mol. The molecule has 0 saturated heterocycles. The highest BCUT2D eigenvalue weighted by Crippen LogP contribution is 2.37. The number of hydrogen-bond acceptors (Lipinski definition) is 6. The number of methoxy groups -OCH3 is 3. The van der Waals surface area contributed by atoms with Crippen molar-refractivity contribution in [1.82, 2.24) is 20.2 Å². The van der Waals surface area contributed by atoms with Gasteiger partial charge in [0.05, 0.1) is 33.4 Å². The van der Waals surface area contributed by atoms with Gasteiger partial charge < -0.3 is 29.4 Å². The maximum atomic E-state index is 13.3. The van der Waals surface area contributed by atoms with Gasteiger partial charge >= 0.3 is 12.0 Å². The Morgan fingerprint density at radius 3 is 2.40 bits per heavy atom. The number of nitrogens with one attached hydrogen (secondary N) is 2. The normalized spacial score (nSPS) is 16.6. The summed E-state index contributed by atoms with van der Waals surface area (Å²) >= 11 is 0. The van der Waals surface area contributed by atoms with Gasteiger partial charge in [0.25, 0.3) is 0 Å². The van der Waals surface area contributed by atoms with E-state index in [1.807, 2.05) is 26.0 Å². The number of aromatic amines is 1. The van der Waals surface area contributed by atoms with Crippen molar-refractivity contribution in [2.45, 2.75) is 32.4 Å². The smallest absolute Gasteiger partial charge is 0.328 e. The Bertz CT molecular complexity index is 888. The molecule has 3 rings (SSSR count). The monoisotopic (exact) mass is 416 g/mol. The fourth-order valence-electron chi connectivity index (χ4n) is 3.66. The van der Waals surface area contributed by atoms with Gasteiger partial charge in [0.1, 0.15) is 23.6 Å². The van der Waals surface area contributed by atoms with E-state index in [4.69, 9.17) is 14.2 Å². The zero-order valence-corrected chi connectivity index (χ0v) is 17.9. The highest BCUT2D eigenvalue weighted by atomic mass is 16.5. The number of fused-ring (bicyclic) bond motifs is 1. The number of carbonyl (C=O) groups is 2. The van der Waals surface area contributed by atoms with Crippen molar-refractivity contribution < 1.29 is 23.8 Å². The predicted octanol–water partition coefficient (Wildman–Crippen LogP) is 2.28. The van der Waals surface area contributed by atoms with E-state index in [9.17, 15) is 9.59 Å². The Labute approximate surface area is 175 Å². The molecule has 1 aromatic heterocycles. The van der Waals surface area contributed by atoms with Crippen LogP contribution in [0.2, 0.25) is 0 Å². The van der Waals surface area contributed by atoms with E-state index in [1.165, 1.54) is 7.11 Å². The summed E-state index contributed by atoms with van der Waals surface area (Å²) in [6.45, 7) is 4.17. The van der Waals surface area contributed by atoms with Gasteiger partial charge in [0, 0.05) is 24.7 Å². The standard InChI is InChI=1S/C21H28N4O5/c1-12(2)17(20(26)30-5)24-21(27)25-7-6-16-18(23-11-22-16)19(25)13-8-14(28-3)10-15(9-13)29-4/h8-12,17,19H,6-7H2,1-5H3,(H,22,23)(H,24,27). The lowest BCUT2D eigenvalue weighted by Crippen LogP contribution is -2.53. The number of nitrogens with zero attached hydrogens (tertiary/aromatic N) is 2. The molecule has 0 aliphatic carbocycles. The summed E-state index contributed by atoms with van der Waals surface area (Å²) in [4.78, 5) is 34.7. The number of urea groups is 1. The highest BCUT2D eigenvalue weighted by molar-refractivity contribution is 5.84. The van der Waals surface area contributed by atoms with E-state index in [2.05, 4.69) is 15.3 Å². The fourth-order valence-corrected chi connectivity index (χ4v) is 3.66. The van der Waals surface area contributed by atoms with Gasteiger partial charge in [-0.1, -0.05) is 13.8 Å². The van der Waals surface area contributed by atoms with Crippen LogP contribution in [0.25, 0.3) is 0 Å². The summed E-state index contributed by atoms with van der Waals surface area (Å²) in [5.41, 5.74) is 2.53. The molecule has 0 bridgehead atoms. The molecule has 2 aromatic rings. The Morgan fingerprint density at radius 1 is 1.17 bits per heavy atom. The second kappa shape index (κ2) is 9.06. The molecule has 1 aliphatic rings. The Balaban J connectivity index is 2.00. The summed E-state index contributed by atoms with van der Waals surface area (Å²) in [5.74, 6) is 0.627. The van der Waals surface area contributed by atoms with E-state index < -0.39 is 18.1 Å². The first kappa shape index (κ1) is 21.5. The molecule has 0 saturated carbocycles. The first-order chi connectivity index (χ1) is 14.4. The molecule has 2 amide bonds. The molecule has 0 spiro atoms. The van der Waals surface area contributed by atoms with Crippen LogP contribution in [-0.2, 0) is 16.0 Å². The molecule has 9 nitrogen and oxygen atoms in total. The third-order valence-electron chi connectivity index (χ3n) is 5.28. The van der Waals surface area contributed by atoms with E-state index >= 15 is 0 Å². The van der Waals surface area contributed by atoms with Gasteiger partial charge in [-0.15, -0.1) is 0 Å². The lowest BCUT2D eigenvalue weighted by Gasteiger charge is -2.36. The molecule has 2 unspecified atom stereocenters. The average Bonchev–Trinajstić information content (AvgIpc) is 3.24. The SMILES string of the molecule is COC(=O)C(NC(=O)N1CCc2[nH]cnc2C1c1cc(OC)cc(OC)c1)C(C)C. The van der Waals surface area contributed by atoms with Crippen LogP contribution in [0.4, 0.5) is 4.79 Å². The number of hydrogen-bond donors (Lipinski definition) is 2. The zero-order valence-electron chi connectivity index (χ0n) is 17.9. The number of benzene rings is 1. The molecule has 9 heteroatoms. The van der Waals surface area contributed by atoms with Gasteiger partial charge in [-0.2, -0.15) is 0 Å².